The van der Waals surface area contributed by atoms with Crippen molar-refractivity contribution in [1.29, 1.82) is 0 Å². The number of rotatable bonds is 5. The summed E-state index contributed by atoms with van der Waals surface area (Å²) >= 11 is 1.98. The second-order valence-electron chi connectivity index (χ2n) is 4.19. The first-order valence-corrected chi connectivity index (χ1v) is 6.92. The van der Waals surface area contributed by atoms with Crippen LogP contribution in [-0.4, -0.2) is 29.8 Å². The predicted molar refractivity (Wildman–Crippen MR) is 67.9 cm³/mol. The molecule has 3 heteroatoms. The maximum atomic E-state index is 9.38. The van der Waals surface area contributed by atoms with Gasteiger partial charge in [0.15, 0.2) is 0 Å². The van der Waals surface area contributed by atoms with Crippen LogP contribution in [0.4, 0.5) is 0 Å². The normalized spacial score (nSPS) is 21.9. The molecule has 1 aromatic rings. The molecule has 0 aromatic heterocycles. The molecule has 0 bridgehead atoms. The average Bonchev–Trinajstić information content (AvgIpc) is 2.85. The van der Waals surface area contributed by atoms with E-state index in [0.717, 1.165) is 5.75 Å². The van der Waals surface area contributed by atoms with E-state index in [9.17, 15) is 5.11 Å². The Hall–Kier alpha value is -0.670. The Morgan fingerprint density at radius 2 is 2.19 bits per heavy atom. The van der Waals surface area contributed by atoms with Crippen molar-refractivity contribution in [3.63, 3.8) is 0 Å². The van der Waals surface area contributed by atoms with Crippen LogP contribution in [-0.2, 0) is 0 Å². The van der Waals surface area contributed by atoms with Crippen LogP contribution in [0.5, 0.6) is 5.75 Å². The number of thioether (sulfide) groups is 1. The first-order valence-electron chi connectivity index (χ1n) is 5.76. The Balaban J connectivity index is 1.83. The topological polar surface area (TPSA) is 29.5 Å². The Labute approximate surface area is 101 Å². The molecule has 1 N–H and O–H groups in total. The Morgan fingerprint density at radius 3 is 2.81 bits per heavy atom. The van der Waals surface area contributed by atoms with Gasteiger partial charge in [-0.1, -0.05) is 18.2 Å². The summed E-state index contributed by atoms with van der Waals surface area (Å²) in [7, 11) is 0. The van der Waals surface area contributed by atoms with Gasteiger partial charge in [-0.25, -0.2) is 0 Å². The van der Waals surface area contributed by atoms with Gasteiger partial charge < -0.3 is 9.84 Å². The number of para-hydroxylation sites is 1. The molecule has 88 valence electrons. The van der Waals surface area contributed by atoms with Crippen molar-refractivity contribution >= 4 is 11.8 Å². The van der Waals surface area contributed by atoms with E-state index >= 15 is 0 Å². The molecule has 16 heavy (non-hydrogen) atoms. The van der Waals surface area contributed by atoms with Crippen LogP contribution in [0.1, 0.15) is 6.42 Å². The number of aliphatic hydroxyl groups excluding tert-OH is 1. The molecule has 2 nitrogen and oxygen atoms in total. The predicted octanol–water partition coefficient (Wildman–Crippen LogP) is 2.43. The summed E-state index contributed by atoms with van der Waals surface area (Å²) < 4.78 is 5.70. The summed E-state index contributed by atoms with van der Waals surface area (Å²) in [6.45, 7) is 0.865. The minimum atomic E-state index is 0.234. The molecule has 1 saturated heterocycles. The average molecular weight is 238 g/mol. The van der Waals surface area contributed by atoms with Crippen LogP contribution in [0, 0.1) is 11.8 Å². The highest BCUT2D eigenvalue weighted by atomic mass is 32.2. The fourth-order valence-electron chi connectivity index (χ4n) is 1.98. The van der Waals surface area contributed by atoms with Gasteiger partial charge in [-0.3, -0.25) is 0 Å². The van der Waals surface area contributed by atoms with Gasteiger partial charge in [-0.05, 0) is 36.0 Å². The lowest BCUT2D eigenvalue weighted by atomic mass is 9.93. The second kappa shape index (κ2) is 6.16. The number of hydrogen-bond acceptors (Lipinski definition) is 3. The zero-order valence-electron chi connectivity index (χ0n) is 9.34. The molecule has 1 aliphatic rings. The number of aliphatic hydroxyl groups is 1. The van der Waals surface area contributed by atoms with Crippen molar-refractivity contribution in [3.05, 3.63) is 30.3 Å². The van der Waals surface area contributed by atoms with E-state index in [2.05, 4.69) is 0 Å². The summed E-state index contributed by atoms with van der Waals surface area (Å²) in [6, 6.07) is 9.82. The third kappa shape index (κ3) is 3.16. The highest BCUT2D eigenvalue weighted by molar-refractivity contribution is 7.99. The molecule has 0 aliphatic carbocycles. The Bertz CT molecular complexity index is 296. The molecule has 0 spiro atoms. The van der Waals surface area contributed by atoms with E-state index in [1.165, 1.54) is 17.9 Å². The second-order valence-corrected chi connectivity index (χ2v) is 5.34. The zero-order chi connectivity index (χ0) is 11.2. The van der Waals surface area contributed by atoms with Crippen LogP contribution >= 0.6 is 11.8 Å². The number of hydrogen-bond donors (Lipinski definition) is 1. The SMILES string of the molecule is OCC(COc1ccccc1)C1CCSC1. The smallest absolute Gasteiger partial charge is 0.119 e. The molecular formula is C13H18O2S. The van der Waals surface area contributed by atoms with Gasteiger partial charge in [-0.2, -0.15) is 11.8 Å². The van der Waals surface area contributed by atoms with Gasteiger partial charge in [-0.15, -0.1) is 0 Å². The lowest BCUT2D eigenvalue weighted by molar-refractivity contribution is 0.126. The van der Waals surface area contributed by atoms with E-state index < -0.39 is 0 Å². The number of benzene rings is 1. The quantitative estimate of drug-likeness (QED) is 0.854. The van der Waals surface area contributed by atoms with Crippen molar-refractivity contribution in [2.75, 3.05) is 24.7 Å². The van der Waals surface area contributed by atoms with Gasteiger partial charge in [0, 0.05) is 12.5 Å². The van der Waals surface area contributed by atoms with Gasteiger partial charge in [0.25, 0.3) is 0 Å². The van der Waals surface area contributed by atoms with E-state index in [1.54, 1.807) is 0 Å². The van der Waals surface area contributed by atoms with Crippen LogP contribution in [0.2, 0.25) is 0 Å². The molecule has 0 amide bonds. The molecule has 0 saturated carbocycles. The largest absolute Gasteiger partial charge is 0.493 e. The zero-order valence-corrected chi connectivity index (χ0v) is 10.2. The first kappa shape index (κ1) is 11.8. The molecule has 0 radical (unpaired) electrons. The molecule has 1 aliphatic heterocycles. The van der Waals surface area contributed by atoms with E-state index in [1.807, 2.05) is 42.1 Å². The molecule has 1 fully saturated rings. The standard InChI is InChI=1S/C13H18O2S/c14-8-12(11-6-7-16-10-11)9-15-13-4-2-1-3-5-13/h1-5,11-12,14H,6-10H2. The molecule has 1 aromatic carbocycles. The fourth-order valence-corrected chi connectivity index (χ4v) is 3.36. The maximum Gasteiger partial charge on any atom is 0.119 e. The van der Waals surface area contributed by atoms with E-state index in [0.29, 0.717) is 12.5 Å². The van der Waals surface area contributed by atoms with Crippen molar-refractivity contribution in [3.8, 4) is 5.75 Å². The molecule has 2 atom stereocenters. The van der Waals surface area contributed by atoms with Crippen molar-refractivity contribution in [2.24, 2.45) is 11.8 Å². The third-order valence-corrected chi connectivity index (χ3v) is 4.26. The summed E-state index contributed by atoms with van der Waals surface area (Å²) in [4.78, 5) is 0. The van der Waals surface area contributed by atoms with Crippen molar-refractivity contribution in [2.45, 2.75) is 6.42 Å². The minimum Gasteiger partial charge on any atom is -0.493 e. The van der Waals surface area contributed by atoms with Crippen LogP contribution in [0.25, 0.3) is 0 Å². The lowest BCUT2D eigenvalue weighted by Gasteiger charge is -2.20. The van der Waals surface area contributed by atoms with Crippen molar-refractivity contribution in [1.82, 2.24) is 0 Å². The minimum absolute atomic E-state index is 0.234. The lowest BCUT2D eigenvalue weighted by Crippen LogP contribution is -2.25. The summed E-state index contributed by atoms with van der Waals surface area (Å²) in [6.07, 6.45) is 1.22. The van der Waals surface area contributed by atoms with Crippen LogP contribution < -0.4 is 4.74 Å². The Morgan fingerprint density at radius 1 is 1.38 bits per heavy atom. The van der Waals surface area contributed by atoms with Crippen LogP contribution in [0.15, 0.2) is 30.3 Å². The Kier molecular flexibility index (Phi) is 4.55. The van der Waals surface area contributed by atoms with Crippen molar-refractivity contribution < 1.29 is 9.84 Å². The number of ether oxygens (including phenoxy) is 1. The maximum absolute atomic E-state index is 9.38. The summed E-state index contributed by atoms with van der Waals surface area (Å²) in [5.41, 5.74) is 0. The van der Waals surface area contributed by atoms with Gasteiger partial charge in [0.1, 0.15) is 5.75 Å². The summed E-state index contributed by atoms with van der Waals surface area (Å²) in [5, 5.41) is 9.38. The first-order chi connectivity index (χ1) is 7.90. The van der Waals surface area contributed by atoms with E-state index in [4.69, 9.17) is 4.74 Å². The molecule has 2 rings (SSSR count). The third-order valence-electron chi connectivity index (χ3n) is 3.07. The van der Waals surface area contributed by atoms with Gasteiger partial charge >= 0.3 is 0 Å². The molecule has 2 unspecified atom stereocenters. The molecular weight excluding hydrogens is 220 g/mol. The van der Waals surface area contributed by atoms with Gasteiger partial charge in [0.05, 0.1) is 6.61 Å². The monoisotopic (exact) mass is 238 g/mol. The fraction of sp³-hybridized carbons (Fsp3) is 0.538. The highest BCUT2D eigenvalue weighted by Gasteiger charge is 2.25. The van der Waals surface area contributed by atoms with Crippen LogP contribution in [0.3, 0.4) is 0 Å². The van der Waals surface area contributed by atoms with Gasteiger partial charge in [0.2, 0.25) is 0 Å². The highest BCUT2D eigenvalue weighted by Crippen LogP contribution is 2.30. The van der Waals surface area contributed by atoms with E-state index in [-0.39, 0.29) is 12.5 Å². The molecule has 1 heterocycles. The summed E-state index contributed by atoms with van der Waals surface area (Å²) in [5.74, 6) is 4.20.